The summed E-state index contributed by atoms with van der Waals surface area (Å²) in [4.78, 5) is 32.5. The number of benzene rings is 2. The van der Waals surface area contributed by atoms with Gasteiger partial charge in [0.05, 0.1) is 20.9 Å². The van der Waals surface area contributed by atoms with Crippen molar-refractivity contribution in [3.8, 4) is 11.5 Å². The minimum Gasteiger partial charge on any atom is -0.457 e. The fourth-order valence-electron chi connectivity index (χ4n) is 2.73. The summed E-state index contributed by atoms with van der Waals surface area (Å²) in [7, 11) is 1.53. The molecule has 0 aliphatic heterocycles. The lowest BCUT2D eigenvalue weighted by Crippen LogP contribution is -2.19. The van der Waals surface area contributed by atoms with Gasteiger partial charge in [0.15, 0.2) is 5.13 Å². The molecule has 0 atom stereocenters. The second kappa shape index (κ2) is 9.39. The number of fused-ring (bicyclic) bond motifs is 1. The molecule has 2 aromatic carbocycles. The molecule has 2 aromatic heterocycles. The summed E-state index contributed by atoms with van der Waals surface area (Å²) in [6.45, 7) is 0. The molecule has 0 spiro atoms. The SMILES string of the molecule is CNC(=O)c1cc(Oc2ccc3nc(NC(=O)Nc4ccc(Cl)cc4Cl)sc3c2)ccn1. The first-order valence-electron chi connectivity index (χ1n) is 9.21. The van der Waals surface area contributed by atoms with E-state index in [0.717, 1.165) is 4.70 Å². The van der Waals surface area contributed by atoms with Crippen molar-refractivity contribution in [2.75, 3.05) is 17.7 Å². The van der Waals surface area contributed by atoms with E-state index in [4.69, 9.17) is 27.9 Å². The highest BCUT2D eigenvalue weighted by molar-refractivity contribution is 7.22. The van der Waals surface area contributed by atoms with E-state index in [1.54, 1.807) is 48.5 Å². The number of urea groups is 1. The quantitative estimate of drug-likeness (QED) is 0.330. The molecule has 0 aliphatic carbocycles. The molecule has 0 aliphatic rings. The monoisotopic (exact) mass is 487 g/mol. The molecule has 11 heteroatoms. The Hall–Kier alpha value is -3.40. The molecule has 4 aromatic rings. The number of carbonyl (C=O) groups excluding carboxylic acids is 2. The van der Waals surface area contributed by atoms with E-state index < -0.39 is 6.03 Å². The van der Waals surface area contributed by atoms with E-state index in [-0.39, 0.29) is 11.6 Å². The van der Waals surface area contributed by atoms with Crippen molar-refractivity contribution in [2.45, 2.75) is 0 Å². The lowest BCUT2D eigenvalue weighted by Gasteiger charge is -2.07. The smallest absolute Gasteiger partial charge is 0.325 e. The van der Waals surface area contributed by atoms with Crippen LogP contribution in [0.3, 0.4) is 0 Å². The number of aromatic nitrogens is 2. The van der Waals surface area contributed by atoms with E-state index in [9.17, 15) is 9.59 Å². The van der Waals surface area contributed by atoms with E-state index in [1.807, 2.05) is 0 Å². The van der Waals surface area contributed by atoms with Crippen LogP contribution in [0.15, 0.2) is 54.7 Å². The van der Waals surface area contributed by atoms with Crippen LogP contribution in [0.4, 0.5) is 15.6 Å². The van der Waals surface area contributed by atoms with Gasteiger partial charge >= 0.3 is 6.03 Å². The van der Waals surface area contributed by atoms with E-state index in [2.05, 4.69) is 25.9 Å². The summed E-state index contributed by atoms with van der Waals surface area (Å²) in [5.74, 6) is 0.724. The molecule has 0 saturated heterocycles. The predicted molar refractivity (Wildman–Crippen MR) is 126 cm³/mol. The second-order valence-corrected chi connectivity index (χ2v) is 8.28. The van der Waals surface area contributed by atoms with Crippen LogP contribution >= 0.6 is 34.5 Å². The van der Waals surface area contributed by atoms with Gasteiger partial charge in [-0.3, -0.25) is 15.1 Å². The molecule has 32 heavy (non-hydrogen) atoms. The number of ether oxygens (including phenoxy) is 1. The van der Waals surface area contributed by atoms with Crippen molar-refractivity contribution < 1.29 is 14.3 Å². The lowest BCUT2D eigenvalue weighted by molar-refractivity contribution is 0.0958. The average Bonchev–Trinajstić information content (AvgIpc) is 3.16. The minimum atomic E-state index is -0.483. The first kappa shape index (κ1) is 21.8. The number of anilines is 2. The zero-order chi connectivity index (χ0) is 22.7. The van der Waals surface area contributed by atoms with E-state index >= 15 is 0 Å². The Bertz CT molecular complexity index is 1330. The molecule has 4 rings (SSSR count). The molecular weight excluding hydrogens is 473 g/mol. The number of halogens is 2. The molecule has 0 saturated carbocycles. The molecule has 8 nitrogen and oxygen atoms in total. The summed E-state index contributed by atoms with van der Waals surface area (Å²) >= 11 is 13.2. The number of thiazole rings is 1. The predicted octanol–water partition coefficient (Wildman–Crippen LogP) is 5.79. The normalized spacial score (nSPS) is 10.6. The molecule has 0 bridgehead atoms. The van der Waals surface area contributed by atoms with Crippen molar-refractivity contribution in [1.29, 1.82) is 0 Å². The average molecular weight is 488 g/mol. The number of amides is 3. The van der Waals surface area contributed by atoms with Crippen LogP contribution in [0.2, 0.25) is 10.0 Å². The zero-order valence-electron chi connectivity index (χ0n) is 16.5. The highest BCUT2D eigenvalue weighted by Crippen LogP contribution is 2.32. The van der Waals surface area contributed by atoms with Gasteiger partial charge in [-0.2, -0.15) is 0 Å². The third-order valence-corrected chi connectivity index (χ3v) is 5.67. The third kappa shape index (κ3) is 5.08. The number of carbonyl (C=O) groups is 2. The molecule has 3 N–H and O–H groups in total. The van der Waals surface area contributed by atoms with Gasteiger partial charge in [-0.25, -0.2) is 9.78 Å². The van der Waals surface area contributed by atoms with Crippen molar-refractivity contribution in [2.24, 2.45) is 0 Å². The number of rotatable bonds is 5. The number of nitrogens with zero attached hydrogens (tertiary/aromatic N) is 2. The van der Waals surface area contributed by atoms with Gasteiger partial charge in [-0.05, 0) is 36.4 Å². The maximum Gasteiger partial charge on any atom is 0.325 e. The summed E-state index contributed by atoms with van der Waals surface area (Å²) in [6, 6.07) is 12.8. The Morgan fingerprint density at radius 2 is 1.81 bits per heavy atom. The van der Waals surface area contributed by atoms with Crippen LogP contribution in [-0.2, 0) is 0 Å². The lowest BCUT2D eigenvalue weighted by atomic mass is 10.3. The third-order valence-electron chi connectivity index (χ3n) is 4.19. The number of hydrogen-bond donors (Lipinski definition) is 3. The molecule has 0 radical (unpaired) electrons. The van der Waals surface area contributed by atoms with Gasteiger partial charge in [0.25, 0.3) is 5.91 Å². The minimum absolute atomic E-state index is 0.252. The van der Waals surface area contributed by atoms with Crippen molar-refractivity contribution >= 4 is 67.5 Å². The first-order chi connectivity index (χ1) is 15.4. The molecule has 3 amide bonds. The molecule has 2 heterocycles. The molecule has 162 valence electrons. The first-order valence-corrected chi connectivity index (χ1v) is 10.8. The van der Waals surface area contributed by atoms with Crippen LogP contribution < -0.4 is 20.7 Å². The highest BCUT2D eigenvalue weighted by Gasteiger charge is 2.12. The Morgan fingerprint density at radius 3 is 2.59 bits per heavy atom. The number of hydrogen-bond acceptors (Lipinski definition) is 6. The van der Waals surface area contributed by atoms with Crippen molar-refractivity contribution in [1.82, 2.24) is 15.3 Å². The summed E-state index contributed by atoms with van der Waals surface area (Å²) in [5.41, 5.74) is 1.38. The number of nitrogens with one attached hydrogen (secondary N) is 3. The van der Waals surface area contributed by atoms with Gasteiger partial charge in [0, 0.05) is 30.4 Å². The van der Waals surface area contributed by atoms with Gasteiger partial charge in [0.1, 0.15) is 17.2 Å². The Morgan fingerprint density at radius 1 is 1.00 bits per heavy atom. The van der Waals surface area contributed by atoms with E-state index in [0.29, 0.717) is 37.9 Å². The maximum absolute atomic E-state index is 12.3. The van der Waals surface area contributed by atoms with Crippen molar-refractivity contribution in [3.63, 3.8) is 0 Å². The maximum atomic E-state index is 12.3. The molecular formula is C21H15Cl2N5O3S. The summed E-state index contributed by atoms with van der Waals surface area (Å²) in [5, 5.41) is 9.07. The molecule has 0 fully saturated rings. The Labute approximate surface area is 196 Å². The number of pyridine rings is 1. The van der Waals surface area contributed by atoms with Gasteiger partial charge < -0.3 is 15.4 Å². The highest BCUT2D eigenvalue weighted by atomic mass is 35.5. The zero-order valence-corrected chi connectivity index (χ0v) is 18.8. The van der Waals surface area contributed by atoms with Crippen LogP contribution in [-0.4, -0.2) is 29.0 Å². The largest absolute Gasteiger partial charge is 0.457 e. The van der Waals surface area contributed by atoms with Gasteiger partial charge in [-0.15, -0.1) is 0 Å². The van der Waals surface area contributed by atoms with Crippen LogP contribution in [0.1, 0.15) is 10.5 Å². The van der Waals surface area contributed by atoms with Crippen LogP contribution in [0, 0.1) is 0 Å². The second-order valence-electron chi connectivity index (χ2n) is 6.41. The Balaban J connectivity index is 1.47. The van der Waals surface area contributed by atoms with Crippen LogP contribution in [0.5, 0.6) is 11.5 Å². The van der Waals surface area contributed by atoms with Crippen LogP contribution in [0.25, 0.3) is 10.2 Å². The van der Waals surface area contributed by atoms with Crippen molar-refractivity contribution in [3.05, 3.63) is 70.5 Å². The Kier molecular flexibility index (Phi) is 6.40. The molecule has 0 unspecified atom stereocenters. The summed E-state index contributed by atoms with van der Waals surface area (Å²) in [6.07, 6.45) is 1.50. The standard InChI is InChI=1S/C21H15Cl2N5O3S/c1-24-19(29)17-9-13(6-7-25-17)31-12-3-5-16-18(10-12)32-21(27-16)28-20(30)26-15-4-2-11(22)8-14(15)23/h2-10H,1H3,(H,24,29)(H2,26,27,28,30). The fourth-order valence-corrected chi connectivity index (χ4v) is 4.07. The van der Waals surface area contributed by atoms with E-state index in [1.165, 1.54) is 24.6 Å². The van der Waals surface area contributed by atoms with Gasteiger partial charge in [-0.1, -0.05) is 34.5 Å². The topological polar surface area (TPSA) is 105 Å². The summed E-state index contributed by atoms with van der Waals surface area (Å²) < 4.78 is 6.66. The van der Waals surface area contributed by atoms with Gasteiger partial charge in [0.2, 0.25) is 0 Å². The fraction of sp³-hybridized carbons (Fsp3) is 0.0476.